The second-order valence-electron chi connectivity index (χ2n) is 7.24. The van der Waals surface area contributed by atoms with E-state index in [1.807, 2.05) is 6.07 Å². The number of fused-ring (bicyclic) bond motifs is 1. The molecular formula is C23H16F3N9O. The minimum atomic E-state index is -5.03. The molecule has 4 rings (SSSR count). The van der Waals surface area contributed by atoms with Gasteiger partial charge in [-0.1, -0.05) is 24.3 Å². The van der Waals surface area contributed by atoms with E-state index >= 15 is 0 Å². The van der Waals surface area contributed by atoms with Crippen molar-refractivity contribution in [1.82, 2.24) is 20.0 Å². The third-order valence-corrected chi connectivity index (χ3v) is 4.96. The number of carbonyl (C=O) groups is 1. The molecule has 0 aliphatic heterocycles. The van der Waals surface area contributed by atoms with Crippen molar-refractivity contribution in [2.24, 2.45) is 10.7 Å². The molecule has 0 spiro atoms. The predicted octanol–water partition coefficient (Wildman–Crippen LogP) is 3.39. The van der Waals surface area contributed by atoms with E-state index in [4.69, 9.17) is 11.5 Å². The third kappa shape index (κ3) is 4.68. The van der Waals surface area contributed by atoms with Gasteiger partial charge < -0.3 is 16.8 Å². The number of rotatable bonds is 5. The van der Waals surface area contributed by atoms with Crippen molar-refractivity contribution in [2.45, 2.75) is 6.18 Å². The van der Waals surface area contributed by atoms with Crippen molar-refractivity contribution in [3.05, 3.63) is 78.4 Å². The van der Waals surface area contributed by atoms with E-state index in [2.05, 4.69) is 25.5 Å². The molecule has 0 aliphatic carbocycles. The van der Waals surface area contributed by atoms with Crippen LogP contribution in [0.3, 0.4) is 0 Å². The molecule has 0 fully saturated rings. The van der Waals surface area contributed by atoms with Crippen LogP contribution >= 0.6 is 0 Å². The molecule has 0 aliphatic rings. The number of nitrogens with two attached hydrogens (primary N) is 2. The van der Waals surface area contributed by atoms with Gasteiger partial charge >= 0.3 is 6.18 Å². The average Bonchev–Trinajstić information content (AvgIpc) is 3.39. The fourth-order valence-corrected chi connectivity index (χ4v) is 3.35. The van der Waals surface area contributed by atoms with Gasteiger partial charge in [-0.15, -0.1) is 4.80 Å². The summed E-state index contributed by atoms with van der Waals surface area (Å²) in [5.74, 6) is -1.13. The normalized spacial score (nSPS) is 12.4. The van der Waals surface area contributed by atoms with Gasteiger partial charge in [0.05, 0.1) is 35.5 Å². The molecule has 2 aromatic heterocycles. The molecule has 36 heavy (non-hydrogen) atoms. The summed E-state index contributed by atoms with van der Waals surface area (Å²) in [4.78, 5) is 21.7. The Balaban J connectivity index is 1.71. The summed E-state index contributed by atoms with van der Waals surface area (Å²) in [6, 6.07) is 12.4. The summed E-state index contributed by atoms with van der Waals surface area (Å²) in [7, 11) is 0. The first-order valence-corrected chi connectivity index (χ1v) is 10.2. The highest BCUT2D eigenvalue weighted by molar-refractivity contribution is 6.27. The van der Waals surface area contributed by atoms with Crippen LogP contribution in [0.4, 0.5) is 30.2 Å². The summed E-state index contributed by atoms with van der Waals surface area (Å²) >= 11 is 0. The number of benzene rings is 2. The van der Waals surface area contributed by atoms with Crippen molar-refractivity contribution in [2.75, 3.05) is 11.1 Å². The first-order chi connectivity index (χ1) is 17.2. The Kier molecular flexibility index (Phi) is 6.34. The summed E-state index contributed by atoms with van der Waals surface area (Å²) in [6.45, 7) is 0. The molecule has 0 bridgehead atoms. The maximum absolute atomic E-state index is 14.0. The topological polar surface area (TPSA) is 161 Å². The van der Waals surface area contributed by atoms with Gasteiger partial charge in [-0.05, 0) is 18.2 Å². The maximum Gasteiger partial charge on any atom is 0.434 e. The predicted molar refractivity (Wildman–Crippen MR) is 126 cm³/mol. The lowest BCUT2D eigenvalue weighted by atomic mass is 10.1. The van der Waals surface area contributed by atoms with Crippen molar-refractivity contribution in [1.29, 1.82) is 5.26 Å². The van der Waals surface area contributed by atoms with Crippen molar-refractivity contribution < 1.29 is 18.0 Å². The summed E-state index contributed by atoms with van der Waals surface area (Å²) in [5.41, 5.74) is 9.16. The number of amides is 1. The zero-order chi connectivity index (χ0) is 25.9. The molecule has 1 amide bonds. The molecule has 180 valence electrons. The Morgan fingerprint density at radius 2 is 1.83 bits per heavy atom. The number of aromatic nitrogens is 4. The Morgan fingerprint density at radius 1 is 1.14 bits per heavy atom. The minimum Gasteiger partial charge on any atom is -0.404 e. The number of aliphatic imine (C=N–C) groups is 1. The quantitative estimate of drug-likeness (QED) is 0.219. The molecule has 4 aromatic rings. The monoisotopic (exact) mass is 491 g/mol. The standard InChI is InChI=1S/C23H16F3N9O/c24-23(25,26)20(34-19-6-5-18(29)15-3-1-2-4-16(15)19)17(11-28)22(36)33-14-9-13(10-27)21(30-12-14)35-31-7-8-32-35/h1-9,11-12H,28-29H2,(H,33,36). The number of pyridine rings is 1. The fraction of sp³-hybridized carbons (Fsp3) is 0.0435. The molecule has 0 saturated heterocycles. The van der Waals surface area contributed by atoms with Crippen LogP contribution in [0, 0.1) is 11.3 Å². The number of carbonyl (C=O) groups excluding carboxylic acids is 1. The highest BCUT2D eigenvalue weighted by Crippen LogP contribution is 2.33. The molecule has 0 saturated carbocycles. The fourth-order valence-electron chi connectivity index (χ4n) is 3.35. The van der Waals surface area contributed by atoms with Crippen LogP contribution in [0.1, 0.15) is 5.56 Å². The Bertz CT molecular complexity index is 1550. The van der Waals surface area contributed by atoms with E-state index in [-0.39, 0.29) is 22.8 Å². The molecule has 2 aromatic carbocycles. The van der Waals surface area contributed by atoms with Crippen LogP contribution < -0.4 is 16.8 Å². The van der Waals surface area contributed by atoms with Gasteiger partial charge in [0.25, 0.3) is 5.91 Å². The molecule has 0 unspecified atom stereocenters. The molecule has 5 N–H and O–H groups in total. The highest BCUT2D eigenvalue weighted by atomic mass is 19.4. The Hall–Kier alpha value is -5.25. The average molecular weight is 491 g/mol. The van der Waals surface area contributed by atoms with E-state index in [1.54, 1.807) is 24.3 Å². The van der Waals surface area contributed by atoms with Gasteiger partial charge in [0.2, 0.25) is 0 Å². The SMILES string of the molecule is N#Cc1cc(NC(=O)C(=CN)C(=Nc2ccc(N)c3ccccc23)C(F)(F)F)cnc1-n1nccn1. The summed E-state index contributed by atoms with van der Waals surface area (Å²) in [5, 5.41) is 20.3. The largest absolute Gasteiger partial charge is 0.434 e. The van der Waals surface area contributed by atoms with Crippen LogP contribution in [0.25, 0.3) is 16.6 Å². The Morgan fingerprint density at radius 3 is 2.47 bits per heavy atom. The molecular weight excluding hydrogens is 475 g/mol. The van der Waals surface area contributed by atoms with Gasteiger partial charge in [-0.2, -0.15) is 28.6 Å². The first-order valence-electron chi connectivity index (χ1n) is 10.2. The van der Waals surface area contributed by atoms with E-state index in [0.717, 1.165) is 11.0 Å². The minimum absolute atomic E-state index is 0.0275. The molecule has 0 atom stereocenters. The number of nitrogens with zero attached hydrogens (tertiary/aromatic N) is 6. The zero-order valence-corrected chi connectivity index (χ0v) is 18.2. The number of nitrogens with one attached hydrogen (secondary N) is 1. The lowest BCUT2D eigenvalue weighted by Gasteiger charge is -2.15. The number of halogens is 3. The zero-order valence-electron chi connectivity index (χ0n) is 18.2. The summed E-state index contributed by atoms with van der Waals surface area (Å²) < 4.78 is 42.1. The van der Waals surface area contributed by atoms with Gasteiger partial charge in [-0.25, -0.2) is 9.98 Å². The number of nitrogen functional groups attached to an aromatic ring is 1. The van der Waals surface area contributed by atoms with Crippen LogP contribution in [0.2, 0.25) is 0 Å². The smallest absolute Gasteiger partial charge is 0.404 e. The number of anilines is 2. The van der Waals surface area contributed by atoms with Crippen LogP contribution in [-0.4, -0.2) is 37.8 Å². The van der Waals surface area contributed by atoms with Gasteiger partial charge in [0, 0.05) is 22.7 Å². The van der Waals surface area contributed by atoms with Crippen LogP contribution in [0.15, 0.2) is 77.8 Å². The van der Waals surface area contributed by atoms with E-state index < -0.39 is 23.4 Å². The van der Waals surface area contributed by atoms with Crippen LogP contribution in [-0.2, 0) is 4.79 Å². The lowest BCUT2D eigenvalue weighted by Crippen LogP contribution is -2.32. The first kappa shape index (κ1) is 23.9. The van der Waals surface area contributed by atoms with Gasteiger partial charge in [-0.3, -0.25) is 4.79 Å². The van der Waals surface area contributed by atoms with E-state index in [1.165, 1.54) is 30.6 Å². The highest BCUT2D eigenvalue weighted by Gasteiger charge is 2.40. The maximum atomic E-state index is 14.0. The third-order valence-electron chi connectivity index (χ3n) is 4.96. The molecule has 2 heterocycles. The molecule has 10 nitrogen and oxygen atoms in total. The lowest BCUT2D eigenvalue weighted by molar-refractivity contribution is -0.113. The van der Waals surface area contributed by atoms with Gasteiger partial charge in [0.15, 0.2) is 11.5 Å². The Labute approximate surface area is 201 Å². The number of hydrogen-bond acceptors (Lipinski definition) is 8. The second-order valence-corrected chi connectivity index (χ2v) is 7.24. The number of nitriles is 1. The summed E-state index contributed by atoms with van der Waals surface area (Å²) in [6.07, 6.45) is -0.625. The number of alkyl halides is 3. The van der Waals surface area contributed by atoms with E-state index in [9.17, 15) is 23.2 Å². The van der Waals surface area contributed by atoms with Crippen LogP contribution in [0.5, 0.6) is 0 Å². The molecule has 0 radical (unpaired) electrons. The van der Waals surface area contributed by atoms with Crippen molar-refractivity contribution >= 4 is 39.5 Å². The van der Waals surface area contributed by atoms with Crippen molar-refractivity contribution in [3.63, 3.8) is 0 Å². The van der Waals surface area contributed by atoms with Gasteiger partial charge in [0.1, 0.15) is 11.6 Å². The molecule has 13 heteroatoms. The van der Waals surface area contributed by atoms with E-state index in [0.29, 0.717) is 22.7 Å². The number of hydrogen-bond donors (Lipinski definition) is 3. The second kappa shape index (κ2) is 9.55. The van der Waals surface area contributed by atoms with Crippen molar-refractivity contribution in [3.8, 4) is 11.9 Å².